The first-order chi connectivity index (χ1) is 10.1. The first-order valence-electron chi connectivity index (χ1n) is 6.79. The van der Waals surface area contributed by atoms with Gasteiger partial charge in [0.05, 0.1) is 35.5 Å². The number of hydrogen-bond donors (Lipinski definition) is 0. The molecule has 2 aromatic rings. The summed E-state index contributed by atoms with van der Waals surface area (Å²) < 4.78 is 6.00. The van der Waals surface area contributed by atoms with Crippen LogP contribution >= 0.6 is 0 Å². The highest BCUT2D eigenvalue weighted by molar-refractivity contribution is 5.35. The summed E-state index contributed by atoms with van der Waals surface area (Å²) in [7, 11) is 0. The van der Waals surface area contributed by atoms with Gasteiger partial charge in [-0.3, -0.25) is 0 Å². The normalized spacial score (nSPS) is 13.0. The average molecular weight is 276 g/mol. The zero-order chi connectivity index (χ0) is 15.2. The predicted octanol–water partition coefficient (Wildman–Crippen LogP) is 4.27. The zero-order valence-electron chi connectivity index (χ0n) is 12.1. The summed E-state index contributed by atoms with van der Waals surface area (Å²) in [5.74, 6) is 0. The molecular formula is C18H16N2O. The highest BCUT2D eigenvalue weighted by atomic mass is 16.5. The number of nitriles is 2. The minimum Gasteiger partial charge on any atom is -0.366 e. The summed E-state index contributed by atoms with van der Waals surface area (Å²) in [6.07, 6.45) is -0.252. The topological polar surface area (TPSA) is 56.8 Å². The van der Waals surface area contributed by atoms with Crippen LogP contribution in [0.3, 0.4) is 0 Å². The summed E-state index contributed by atoms with van der Waals surface area (Å²) in [5.41, 5.74) is 3.19. The lowest BCUT2D eigenvalue weighted by Gasteiger charge is -2.20. The molecule has 0 amide bonds. The van der Waals surface area contributed by atoms with Gasteiger partial charge in [-0.15, -0.1) is 0 Å². The van der Waals surface area contributed by atoms with Gasteiger partial charge in [0.25, 0.3) is 0 Å². The molecule has 2 unspecified atom stereocenters. The second kappa shape index (κ2) is 6.70. The van der Waals surface area contributed by atoms with Crippen LogP contribution in [-0.2, 0) is 4.74 Å². The third-order valence-corrected chi connectivity index (χ3v) is 3.38. The van der Waals surface area contributed by atoms with Crippen molar-refractivity contribution < 1.29 is 4.74 Å². The van der Waals surface area contributed by atoms with Crippen LogP contribution in [0.25, 0.3) is 0 Å². The summed E-state index contributed by atoms with van der Waals surface area (Å²) in [6, 6.07) is 19.1. The van der Waals surface area contributed by atoms with Gasteiger partial charge in [0, 0.05) is 0 Å². The SMILES string of the molecule is CC(OC(C)c1cccc(C#N)c1)c1cccc(C#N)c1. The predicted molar refractivity (Wildman–Crippen MR) is 80.2 cm³/mol. The molecule has 2 aromatic carbocycles. The van der Waals surface area contributed by atoms with Crippen molar-refractivity contribution in [2.24, 2.45) is 0 Å². The van der Waals surface area contributed by atoms with E-state index in [1.54, 1.807) is 12.1 Å². The number of ether oxygens (including phenoxy) is 1. The first kappa shape index (κ1) is 14.8. The smallest absolute Gasteiger partial charge is 0.0991 e. The van der Waals surface area contributed by atoms with Crippen molar-refractivity contribution in [3.63, 3.8) is 0 Å². The number of nitrogens with zero attached hydrogens (tertiary/aromatic N) is 2. The minimum absolute atomic E-state index is 0.126. The van der Waals surface area contributed by atoms with Crippen molar-refractivity contribution in [2.45, 2.75) is 26.1 Å². The molecule has 0 heterocycles. The fourth-order valence-electron chi connectivity index (χ4n) is 2.19. The molecule has 0 aromatic heterocycles. The Bertz CT molecular complexity index is 648. The van der Waals surface area contributed by atoms with E-state index < -0.39 is 0 Å². The van der Waals surface area contributed by atoms with Crippen LogP contribution in [0.1, 0.15) is 48.3 Å². The molecular weight excluding hydrogens is 260 g/mol. The standard InChI is InChI=1S/C18H16N2O/c1-13(17-7-3-5-15(9-17)11-19)21-14(2)18-8-4-6-16(10-18)12-20/h3-10,13-14H,1-2H3. The van der Waals surface area contributed by atoms with E-state index in [-0.39, 0.29) is 12.2 Å². The molecule has 0 fully saturated rings. The van der Waals surface area contributed by atoms with E-state index >= 15 is 0 Å². The fourth-order valence-corrected chi connectivity index (χ4v) is 2.19. The largest absolute Gasteiger partial charge is 0.366 e. The molecule has 0 aliphatic carbocycles. The Morgan fingerprint density at radius 2 is 1.24 bits per heavy atom. The van der Waals surface area contributed by atoms with Crippen LogP contribution in [0, 0.1) is 22.7 Å². The van der Waals surface area contributed by atoms with E-state index in [2.05, 4.69) is 12.1 Å². The van der Waals surface area contributed by atoms with E-state index in [1.165, 1.54) is 0 Å². The Morgan fingerprint density at radius 3 is 1.62 bits per heavy atom. The average Bonchev–Trinajstić information content (AvgIpc) is 2.54. The van der Waals surface area contributed by atoms with Crippen LogP contribution in [0.2, 0.25) is 0 Å². The maximum Gasteiger partial charge on any atom is 0.0991 e. The van der Waals surface area contributed by atoms with Gasteiger partial charge in [-0.2, -0.15) is 10.5 Å². The second-order valence-corrected chi connectivity index (χ2v) is 4.90. The summed E-state index contributed by atoms with van der Waals surface area (Å²) >= 11 is 0. The summed E-state index contributed by atoms with van der Waals surface area (Å²) in [5, 5.41) is 17.9. The third-order valence-electron chi connectivity index (χ3n) is 3.38. The number of benzene rings is 2. The van der Waals surface area contributed by atoms with E-state index in [0.717, 1.165) is 11.1 Å². The van der Waals surface area contributed by atoms with Crippen LogP contribution in [0.5, 0.6) is 0 Å². The molecule has 0 saturated heterocycles. The zero-order valence-corrected chi connectivity index (χ0v) is 12.1. The molecule has 0 bridgehead atoms. The van der Waals surface area contributed by atoms with Crippen LogP contribution in [0.15, 0.2) is 48.5 Å². The monoisotopic (exact) mass is 276 g/mol. The van der Waals surface area contributed by atoms with E-state index in [0.29, 0.717) is 11.1 Å². The van der Waals surface area contributed by atoms with E-state index in [9.17, 15) is 0 Å². The lowest BCUT2D eigenvalue weighted by molar-refractivity contribution is 0.00584. The highest BCUT2D eigenvalue weighted by Crippen LogP contribution is 2.27. The molecule has 0 aliphatic rings. The summed E-state index contributed by atoms with van der Waals surface area (Å²) in [6.45, 7) is 3.92. The van der Waals surface area contributed by atoms with Gasteiger partial charge >= 0.3 is 0 Å². The van der Waals surface area contributed by atoms with Gasteiger partial charge in [-0.25, -0.2) is 0 Å². The Balaban J connectivity index is 2.13. The Kier molecular flexibility index (Phi) is 4.72. The molecule has 3 heteroatoms. The van der Waals surface area contributed by atoms with Crippen molar-refractivity contribution in [3.05, 3.63) is 70.8 Å². The lowest BCUT2D eigenvalue weighted by Crippen LogP contribution is -2.05. The molecule has 0 radical (unpaired) electrons. The molecule has 2 rings (SSSR count). The second-order valence-electron chi connectivity index (χ2n) is 4.90. The van der Waals surface area contributed by atoms with Gasteiger partial charge in [-0.05, 0) is 49.2 Å². The fraction of sp³-hybridized carbons (Fsp3) is 0.222. The maximum absolute atomic E-state index is 8.94. The molecule has 0 N–H and O–H groups in total. The highest BCUT2D eigenvalue weighted by Gasteiger charge is 2.13. The van der Waals surface area contributed by atoms with Gasteiger partial charge in [0.2, 0.25) is 0 Å². The first-order valence-corrected chi connectivity index (χ1v) is 6.79. The molecule has 21 heavy (non-hydrogen) atoms. The third kappa shape index (κ3) is 3.69. The van der Waals surface area contributed by atoms with Crippen LogP contribution in [-0.4, -0.2) is 0 Å². The minimum atomic E-state index is -0.126. The lowest BCUT2D eigenvalue weighted by atomic mass is 10.1. The number of hydrogen-bond acceptors (Lipinski definition) is 3. The van der Waals surface area contributed by atoms with Crippen molar-refractivity contribution in [1.29, 1.82) is 10.5 Å². The van der Waals surface area contributed by atoms with Crippen LogP contribution < -0.4 is 0 Å². The summed E-state index contributed by atoms with van der Waals surface area (Å²) in [4.78, 5) is 0. The molecule has 104 valence electrons. The molecule has 3 nitrogen and oxygen atoms in total. The molecule has 2 atom stereocenters. The van der Waals surface area contributed by atoms with Gasteiger partial charge in [0.15, 0.2) is 0 Å². The van der Waals surface area contributed by atoms with Crippen molar-refractivity contribution in [2.75, 3.05) is 0 Å². The van der Waals surface area contributed by atoms with Gasteiger partial charge in [0.1, 0.15) is 0 Å². The molecule has 0 spiro atoms. The van der Waals surface area contributed by atoms with Crippen molar-refractivity contribution in [3.8, 4) is 12.1 Å². The van der Waals surface area contributed by atoms with Crippen molar-refractivity contribution >= 4 is 0 Å². The quantitative estimate of drug-likeness (QED) is 0.838. The Hall–Kier alpha value is -2.62. The van der Waals surface area contributed by atoms with Gasteiger partial charge in [-0.1, -0.05) is 24.3 Å². The van der Waals surface area contributed by atoms with E-state index in [4.69, 9.17) is 15.3 Å². The Labute approximate surface area is 125 Å². The Morgan fingerprint density at radius 1 is 0.810 bits per heavy atom. The number of rotatable bonds is 4. The van der Waals surface area contributed by atoms with Crippen molar-refractivity contribution in [1.82, 2.24) is 0 Å². The molecule has 0 saturated carbocycles. The van der Waals surface area contributed by atoms with E-state index in [1.807, 2.05) is 50.2 Å². The van der Waals surface area contributed by atoms with Crippen LogP contribution in [0.4, 0.5) is 0 Å². The maximum atomic E-state index is 8.94. The van der Waals surface area contributed by atoms with Gasteiger partial charge < -0.3 is 4.74 Å². The molecule has 0 aliphatic heterocycles.